The number of nitrogens with zero attached hydrogens (tertiary/aromatic N) is 1. The summed E-state index contributed by atoms with van der Waals surface area (Å²) in [4.78, 5) is 13.4. The molecular formula is C14H18N2O4. The molecule has 1 spiro atoms. The summed E-state index contributed by atoms with van der Waals surface area (Å²) in [7, 11) is 0. The van der Waals surface area contributed by atoms with E-state index in [-0.39, 0.29) is 5.56 Å². The van der Waals surface area contributed by atoms with Gasteiger partial charge < -0.3 is 25.2 Å². The largest absolute Gasteiger partial charge is 0.478 e. The van der Waals surface area contributed by atoms with Crippen LogP contribution >= 0.6 is 0 Å². The second-order valence-electron chi connectivity index (χ2n) is 5.21. The van der Waals surface area contributed by atoms with Gasteiger partial charge in [0.25, 0.3) is 0 Å². The summed E-state index contributed by atoms with van der Waals surface area (Å²) in [6, 6.07) is 4.97. The number of carboxylic acid groups (broad SMARTS) is 1. The molecule has 2 aliphatic rings. The van der Waals surface area contributed by atoms with Gasteiger partial charge in [-0.3, -0.25) is 0 Å². The number of nitrogens with two attached hydrogens (primary N) is 1. The Bertz CT molecular complexity index is 526. The first-order valence-electron chi connectivity index (χ1n) is 6.75. The maximum Gasteiger partial charge on any atom is 0.337 e. The average molecular weight is 278 g/mol. The molecule has 0 saturated carbocycles. The van der Waals surface area contributed by atoms with Crippen molar-refractivity contribution >= 4 is 17.3 Å². The molecular weight excluding hydrogens is 260 g/mol. The minimum Gasteiger partial charge on any atom is -0.478 e. The third-order valence-corrected chi connectivity index (χ3v) is 3.82. The monoisotopic (exact) mass is 278 g/mol. The number of aromatic carboxylic acids is 1. The first-order valence-corrected chi connectivity index (χ1v) is 6.75. The van der Waals surface area contributed by atoms with Crippen LogP contribution in [0.25, 0.3) is 0 Å². The van der Waals surface area contributed by atoms with Crippen LogP contribution in [0, 0.1) is 0 Å². The maximum absolute atomic E-state index is 11.4. The van der Waals surface area contributed by atoms with Gasteiger partial charge in [0, 0.05) is 18.7 Å². The molecule has 1 aromatic carbocycles. The molecule has 0 amide bonds. The van der Waals surface area contributed by atoms with E-state index in [1.807, 2.05) is 4.90 Å². The van der Waals surface area contributed by atoms with Crippen molar-refractivity contribution in [3.63, 3.8) is 0 Å². The molecule has 3 rings (SSSR count). The number of carboxylic acids is 1. The molecule has 2 fully saturated rings. The van der Waals surface area contributed by atoms with E-state index < -0.39 is 11.8 Å². The lowest BCUT2D eigenvalue weighted by Gasteiger charge is -2.40. The Morgan fingerprint density at radius 2 is 2.10 bits per heavy atom. The molecule has 3 N–H and O–H groups in total. The molecule has 108 valence electrons. The number of rotatable bonds is 2. The van der Waals surface area contributed by atoms with Crippen LogP contribution in [0.4, 0.5) is 11.4 Å². The van der Waals surface area contributed by atoms with Crippen LogP contribution in [0.2, 0.25) is 0 Å². The van der Waals surface area contributed by atoms with E-state index in [1.54, 1.807) is 12.1 Å². The summed E-state index contributed by atoms with van der Waals surface area (Å²) in [6.07, 6.45) is 1.75. The molecule has 2 aliphatic heterocycles. The van der Waals surface area contributed by atoms with Gasteiger partial charge in [0.15, 0.2) is 5.79 Å². The first kappa shape index (κ1) is 13.2. The third-order valence-electron chi connectivity index (χ3n) is 3.82. The summed E-state index contributed by atoms with van der Waals surface area (Å²) in [5.74, 6) is -1.55. The fourth-order valence-electron chi connectivity index (χ4n) is 2.93. The Balaban J connectivity index is 1.90. The van der Waals surface area contributed by atoms with Crippen molar-refractivity contribution in [1.29, 1.82) is 0 Å². The van der Waals surface area contributed by atoms with Gasteiger partial charge in [-0.1, -0.05) is 0 Å². The zero-order chi connectivity index (χ0) is 14.2. The summed E-state index contributed by atoms with van der Waals surface area (Å²) in [6.45, 7) is 2.54. The number of benzene rings is 1. The second kappa shape index (κ2) is 4.96. The lowest BCUT2D eigenvalue weighted by molar-refractivity contribution is -0.161. The Hall–Kier alpha value is -1.79. The lowest BCUT2D eigenvalue weighted by atomic mass is 10.0. The molecule has 2 heterocycles. The molecule has 0 atom stereocenters. The Kier molecular flexibility index (Phi) is 3.27. The Morgan fingerprint density at radius 3 is 2.80 bits per heavy atom. The fraction of sp³-hybridized carbons (Fsp3) is 0.500. The number of hydrogen-bond donors (Lipinski definition) is 2. The topological polar surface area (TPSA) is 85.0 Å². The standard InChI is InChI=1S/C14H18N2O4/c15-10-2-3-12(11(8-10)13(17)18)16-5-1-4-14(9-16)19-6-7-20-14/h2-3,8H,1,4-7,9,15H2,(H,17,18). The summed E-state index contributed by atoms with van der Waals surface area (Å²) in [5.41, 5.74) is 7.02. The van der Waals surface area contributed by atoms with Gasteiger partial charge in [-0.25, -0.2) is 4.79 Å². The van der Waals surface area contributed by atoms with Crippen LogP contribution in [-0.2, 0) is 9.47 Å². The zero-order valence-corrected chi connectivity index (χ0v) is 11.2. The number of hydrogen-bond acceptors (Lipinski definition) is 5. The third kappa shape index (κ3) is 2.32. The first-order chi connectivity index (χ1) is 9.60. The normalized spacial score (nSPS) is 21.3. The fourth-order valence-corrected chi connectivity index (χ4v) is 2.93. The smallest absolute Gasteiger partial charge is 0.337 e. The van der Waals surface area contributed by atoms with Gasteiger partial charge in [0.1, 0.15) is 0 Å². The minimum absolute atomic E-state index is 0.222. The van der Waals surface area contributed by atoms with E-state index in [0.29, 0.717) is 31.1 Å². The van der Waals surface area contributed by atoms with Crippen molar-refractivity contribution in [2.75, 3.05) is 36.9 Å². The molecule has 0 bridgehead atoms. The molecule has 1 aromatic rings. The quantitative estimate of drug-likeness (QED) is 0.793. The van der Waals surface area contributed by atoms with Crippen molar-refractivity contribution < 1.29 is 19.4 Å². The highest BCUT2D eigenvalue weighted by Crippen LogP contribution is 2.34. The highest BCUT2D eigenvalue weighted by molar-refractivity contribution is 5.95. The van der Waals surface area contributed by atoms with E-state index in [0.717, 1.165) is 19.4 Å². The number of anilines is 2. The van der Waals surface area contributed by atoms with E-state index in [4.69, 9.17) is 15.2 Å². The predicted molar refractivity (Wildman–Crippen MR) is 73.9 cm³/mol. The SMILES string of the molecule is Nc1ccc(N2CCCC3(C2)OCCO3)c(C(=O)O)c1. The van der Waals surface area contributed by atoms with E-state index in [9.17, 15) is 9.90 Å². The van der Waals surface area contributed by atoms with Crippen molar-refractivity contribution in [3.05, 3.63) is 23.8 Å². The van der Waals surface area contributed by atoms with E-state index in [2.05, 4.69) is 0 Å². The maximum atomic E-state index is 11.4. The number of carbonyl (C=O) groups is 1. The Labute approximate surface area is 117 Å². The highest BCUT2D eigenvalue weighted by Gasteiger charge is 2.41. The van der Waals surface area contributed by atoms with Crippen molar-refractivity contribution in [3.8, 4) is 0 Å². The van der Waals surface area contributed by atoms with Crippen molar-refractivity contribution in [2.45, 2.75) is 18.6 Å². The van der Waals surface area contributed by atoms with Crippen LogP contribution in [0.1, 0.15) is 23.2 Å². The molecule has 2 saturated heterocycles. The Morgan fingerprint density at radius 1 is 1.35 bits per heavy atom. The zero-order valence-electron chi connectivity index (χ0n) is 11.2. The number of piperidine rings is 1. The van der Waals surface area contributed by atoms with Gasteiger partial charge in [0.2, 0.25) is 0 Å². The molecule has 0 unspecified atom stereocenters. The molecule has 0 aromatic heterocycles. The highest BCUT2D eigenvalue weighted by atomic mass is 16.7. The number of ether oxygens (including phenoxy) is 2. The molecule has 0 aliphatic carbocycles. The van der Waals surface area contributed by atoms with Crippen LogP contribution in [-0.4, -0.2) is 43.2 Å². The number of nitrogen functional groups attached to an aromatic ring is 1. The summed E-state index contributed by atoms with van der Waals surface area (Å²) in [5, 5.41) is 9.33. The van der Waals surface area contributed by atoms with Crippen molar-refractivity contribution in [1.82, 2.24) is 0 Å². The van der Waals surface area contributed by atoms with Crippen LogP contribution in [0.15, 0.2) is 18.2 Å². The summed E-state index contributed by atoms with van der Waals surface area (Å²) < 4.78 is 11.4. The van der Waals surface area contributed by atoms with Gasteiger partial charge in [-0.05, 0) is 24.6 Å². The van der Waals surface area contributed by atoms with Crippen LogP contribution in [0.5, 0.6) is 0 Å². The second-order valence-corrected chi connectivity index (χ2v) is 5.21. The molecule has 20 heavy (non-hydrogen) atoms. The van der Waals surface area contributed by atoms with Gasteiger partial charge in [0.05, 0.1) is 31.0 Å². The van der Waals surface area contributed by atoms with Crippen LogP contribution in [0.3, 0.4) is 0 Å². The molecule has 0 radical (unpaired) electrons. The van der Waals surface area contributed by atoms with E-state index >= 15 is 0 Å². The van der Waals surface area contributed by atoms with Crippen LogP contribution < -0.4 is 10.6 Å². The van der Waals surface area contributed by atoms with Crippen molar-refractivity contribution in [2.24, 2.45) is 0 Å². The summed E-state index contributed by atoms with van der Waals surface area (Å²) >= 11 is 0. The van der Waals surface area contributed by atoms with Gasteiger partial charge >= 0.3 is 5.97 Å². The lowest BCUT2D eigenvalue weighted by Crippen LogP contribution is -2.49. The molecule has 6 nitrogen and oxygen atoms in total. The molecule has 6 heteroatoms. The van der Waals surface area contributed by atoms with Gasteiger partial charge in [-0.15, -0.1) is 0 Å². The minimum atomic E-state index is -0.972. The van der Waals surface area contributed by atoms with Gasteiger partial charge in [-0.2, -0.15) is 0 Å². The predicted octanol–water partition coefficient (Wildman–Crippen LogP) is 1.31. The van der Waals surface area contributed by atoms with E-state index in [1.165, 1.54) is 6.07 Å². The average Bonchev–Trinajstić information content (AvgIpc) is 2.86.